The molecule has 28 heavy (non-hydrogen) atoms. The van der Waals surface area contributed by atoms with Crippen molar-refractivity contribution in [1.29, 1.82) is 0 Å². The van der Waals surface area contributed by atoms with Crippen LogP contribution >= 0.6 is 0 Å². The molecule has 0 aliphatic carbocycles. The van der Waals surface area contributed by atoms with Gasteiger partial charge in [0.1, 0.15) is 5.75 Å². The van der Waals surface area contributed by atoms with Crippen LogP contribution in [0.5, 0.6) is 17.2 Å². The third kappa shape index (κ3) is 5.64. The molecule has 0 radical (unpaired) electrons. The summed E-state index contributed by atoms with van der Waals surface area (Å²) in [6.45, 7) is 4.52. The van der Waals surface area contributed by atoms with E-state index in [2.05, 4.69) is 0 Å². The van der Waals surface area contributed by atoms with Crippen molar-refractivity contribution < 1.29 is 28.9 Å². The first-order chi connectivity index (χ1) is 13.5. The molecule has 2 rings (SSSR count). The maximum atomic E-state index is 12.8. The number of amides is 1. The molecule has 1 N–H and O–H groups in total. The van der Waals surface area contributed by atoms with Gasteiger partial charge in [-0.05, 0) is 55.8 Å². The summed E-state index contributed by atoms with van der Waals surface area (Å²) in [7, 11) is 1.66. The Bertz CT molecular complexity index is 803. The molecule has 7 heteroatoms. The molecular formula is C21H25NO6. The van der Waals surface area contributed by atoms with Crippen LogP contribution in [-0.4, -0.2) is 43.9 Å². The summed E-state index contributed by atoms with van der Waals surface area (Å²) in [5.74, 6) is 0.313. The lowest BCUT2D eigenvalue weighted by Crippen LogP contribution is -2.26. The molecule has 7 nitrogen and oxygen atoms in total. The van der Waals surface area contributed by atoms with Crippen LogP contribution in [0.15, 0.2) is 42.5 Å². The van der Waals surface area contributed by atoms with Gasteiger partial charge in [0.25, 0.3) is 5.91 Å². The van der Waals surface area contributed by atoms with Gasteiger partial charge in [0.15, 0.2) is 18.1 Å². The van der Waals surface area contributed by atoms with E-state index in [1.807, 2.05) is 13.8 Å². The Morgan fingerprint density at radius 1 is 0.964 bits per heavy atom. The van der Waals surface area contributed by atoms with Crippen molar-refractivity contribution in [3.8, 4) is 17.2 Å². The maximum Gasteiger partial charge on any atom is 0.341 e. The van der Waals surface area contributed by atoms with Gasteiger partial charge in [-0.1, -0.05) is 6.92 Å². The van der Waals surface area contributed by atoms with Crippen molar-refractivity contribution in [3.05, 3.63) is 48.0 Å². The average Bonchev–Trinajstić information content (AvgIpc) is 2.70. The second-order valence-electron chi connectivity index (χ2n) is 5.98. The Morgan fingerprint density at radius 3 is 2.29 bits per heavy atom. The maximum absolute atomic E-state index is 12.8. The normalized spacial score (nSPS) is 10.2. The Labute approximate surface area is 164 Å². The molecule has 0 aliphatic rings. The molecule has 0 bridgehead atoms. The highest BCUT2D eigenvalue weighted by atomic mass is 16.5. The van der Waals surface area contributed by atoms with Crippen molar-refractivity contribution in [1.82, 2.24) is 0 Å². The molecule has 0 heterocycles. The van der Waals surface area contributed by atoms with Crippen LogP contribution < -0.4 is 19.1 Å². The van der Waals surface area contributed by atoms with E-state index in [9.17, 15) is 9.59 Å². The number of hydrogen-bond donors (Lipinski definition) is 1. The van der Waals surface area contributed by atoms with Crippen LogP contribution in [0.1, 0.15) is 30.6 Å². The summed E-state index contributed by atoms with van der Waals surface area (Å²) in [5.41, 5.74) is 1.12. The SMILES string of the molecule is CCCOc1ccc(C(=O)N(C)c2ccc(OCC(=O)O)cc2)cc1OCC. The van der Waals surface area contributed by atoms with Crippen LogP contribution in [0, 0.1) is 0 Å². The van der Waals surface area contributed by atoms with Gasteiger partial charge in [0.05, 0.1) is 13.2 Å². The summed E-state index contributed by atoms with van der Waals surface area (Å²) in [5, 5.41) is 8.65. The number of rotatable bonds is 10. The summed E-state index contributed by atoms with van der Waals surface area (Å²) >= 11 is 0. The molecule has 0 aliphatic heterocycles. The fourth-order valence-corrected chi connectivity index (χ4v) is 2.46. The van der Waals surface area contributed by atoms with E-state index in [0.717, 1.165) is 6.42 Å². The van der Waals surface area contributed by atoms with E-state index in [1.54, 1.807) is 49.5 Å². The molecule has 0 unspecified atom stereocenters. The first kappa shape index (κ1) is 21.1. The molecule has 2 aromatic rings. The van der Waals surface area contributed by atoms with Crippen molar-refractivity contribution in [2.24, 2.45) is 0 Å². The minimum Gasteiger partial charge on any atom is -0.490 e. The Morgan fingerprint density at radius 2 is 1.68 bits per heavy atom. The molecule has 2 aromatic carbocycles. The largest absolute Gasteiger partial charge is 0.490 e. The van der Waals surface area contributed by atoms with E-state index in [4.69, 9.17) is 19.3 Å². The fourth-order valence-electron chi connectivity index (χ4n) is 2.46. The molecule has 150 valence electrons. The predicted molar refractivity (Wildman–Crippen MR) is 106 cm³/mol. The Balaban J connectivity index is 2.15. The third-order valence-electron chi connectivity index (χ3n) is 3.84. The van der Waals surface area contributed by atoms with E-state index in [-0.39, 0.29) is 5.91 Å². The number of ether oxygens (including phenoxy) is 3. The smallest absolute Gasteiger partial charge is 0.341 e. The lowest BCUT2D eigenvalue weighted by atomic mass is 10.1. The number of carboxylic acid groups (broad SMARTS) is 1. The number of hydrogen-bond acceptors (Lipinski definition) is 5. The summed E-state index contributed by atoms with van der Waals surface area (Å²) < 4.78 is 16.4. The molecule has 0 spiro atoms. The number of carbonyl (C=O) groups is 2. The summed E-state index contributed by atoms with van der Waals surface area (Å²) in [6, 6.07) is 11.7. The van der Waals surface area contributed by atoms with Gasteiger partial charge in [0.2, 0.25) is 0 Å². The number of carboxylic acids is 1. The van der Waals surface area contributed by atoms with Gasteiger partial charge >= 0.3 is 5.97 Å². The molecular weight excluding hydrogens is 362 g/mol. The van der Waals surface area contributed by atoms with Crippen molar-refractivity contribution in [2.75, 3.05) is 31.8 Å². The molecule has 0 saturated carbocycles. The second-order valence-corrected chi connectivity index (χ2v) is 5.98. The number of aliphatic carboxylic acids is 1. The van der Waals surface area contributed by atoms with Gasteiger partial charge in [0, 0.05) is 18.3 Å². The number of benzene rings is 2. The Kier molecular flexibility index (Phi) is 7.68. The highest BCUT2D eigenvalue weighted by Crippen LogP contribution is 2.30. The zero-order valence-electron chi connectivity index (χ0n) is 16.3. The molecule has 0 atom stereocenters. The highest BCUT2D eigenvalue weighted by Gasteiger charge is 2.17. The van der Waals surface area contributed by atoms with Gasteiger partial charge in [-0.2, -0.15) is 0 Å². The van der Waals surface area contributed by atoms with Crippen molar-refractivity contribution in [2.45, 2.75) is 20.3 Å². The average molecular weight is 387 g/mol. The van der Waals surface area contributed by atoms with Crippen LogP contribution in [0.2, 0.25) is 0 Å². The second kappa shape index (κ2) is 10.2. The van der Waals surface area contributed by atoms with Crippen LogP contribution in [0.3, 0.4) is 0 Å². The molecule has 0 aromatic heterocycles. The van der Waals surface area contributed by atoms with Gasteiger partial charge in [-0.3, -0.25) is 4.79 Å². The summed E-state index contributed by atoms with van der Waals surface area (Å²) in [6.07, 6.45) is 0.876. The zero-order chi connectivity index (χ0) is 20.5. The topological polar surface area (TPSA) is 85.3 Å². The van der Waals surface area contributed by atoms with E-state index in [0.29, 0.717) is 41.7 Å². The van der Waals surface area contributed by atoms with Crippen molar-refractivity contribution >= 4 is 17.6 Å². The lowest BCUT2D eigenvalue weighted by Gasteiger charge is -2.19. The van der Waals surface area contributed by atoms with E-state index < -0.39 is 12.6 Å². The predicted octanol–water partition coefficient (Wildman–Crippen LogP) is 3.61. The third-order valence-corrected chi connectivity index (χ3v) is 3.84. The molecule has 0 saturated heterocycles. The standard InChI is InChI=1S/C21H25NO6/c1-4-12-27-18-11-6-15(13-19(18)26-5-2)21(25)22(3)16-7-9-17(10-8-16)28-14-20(23)24/h6-11,13H,4-5,12,14H2,1-3H3,(H,23,24). The first-order valence-corrected chi connectivity index (χ1v) is 9.08. The fraction of sp³-hybridized carbons (Fsp3) is 0.333. The number of carbonyl (C=O) groups excluding carboxylic acids is 1. The van der Waals surface area contributed by atoms with E-state index in [1.165, 1.54) is 4.90 Å². The molecule has 0 fully saturated rings. The first-order valence-electron chi connectivity index (χ1n) is 9.08. The van der Waals surface area contributed by atoms with Crippen LogP contribution in [0.25, 0.3) is 0 Å². The van der Waals surface area contributed by atoms with Crippen LogP contribution in [-0.2, 0) is 4.79 Å². The van der Waals surface area contributed by atoms with Crippen molar-refractivity contribution in [3.63, 3.8) is 0 Å². The van der Waals surface area contributed by atoms with Gasteiger partial charge in [-0.15, -0.1) is 0 Å². The highest BCUT2D eigenvalue weighted by molar-refractivity contribution is 6.06. The number of anilines is 1. The zero-order valence-corrected chi connectivity index (χ0v) is 16.3. The van der Waals surface area contributed by atoms with Crippen LogP contribution in [0.4, 0.5) is 5.69 Å². The number of nitrogens with zero attached hydrogens (tertiary/aromatic N) is 1. The van der Waals surface area contributed by atoms with Gasteiger partial charge in [-0.25, -0.2) is 4.79 Å². The van der Waals surface area contributed by atoms with E-state index >= 15 is 0 Å². The monoisotopic (exact) mass is 387 g/mol. The van der Waals surface area contributed by atoms with Gasteiger partial charge < -0.3 is 24.2 Å². The minimum atomic E-state index is -1.05. The minimum absolute atomic E-state index is 0.206. The lowest BCUT2D eigenvalue weighted by molar-refractivity contribution is -0.139. The molecule has 1 amide bonds. The quantitative estimate of drug-likeness (QED) is 0.670. The summed E-state index contributed by atoms with van der Waals surface area (Å²) in [4.78, 5) is 24.9. The Hall–Kier alpha value is -3.22.